The van der Waals surface area contributed by atoms with Crippen molar-refractivity contribution in [2.24, 2.45) is 0 Å². The Hall–Kier alpha value is -2.37. The third-order valence-electron chi connectivity index (χ3n) is 4.20. The molecule has 0 saturated carbocycles. The molecule has 122 valence electrons. The molecule has 0 unspecified atom stereocenters. The zero-order valence-electron chi connectivity index (χ0n) is 13.3. The van der Waals surface area contributed by atoms with Gasteiger partial charge in [0.2, 0.25) is 0 Å². The molecule has 1 aromatic carbocycles. The van der Waals surface area contributed by atoms with Crippen LogP contribution >= 0.6 is 0 Å². The Kier molecular flexibility index (Phi) is 4.90. The second kappa shape index (κ2) is 7.26. The SMILES string of the molecule is Nc1cccc(C(=O)NCCCc2nnc3n2CCCCC3)c1. The van der Waals surface area contributed by atoms with Gasteiger partial charge in [-0.15, -0.1) is 10.2 Å². The van der Waals surface area contributed by atoms with E-state index in [0.717, 1.165) is 37.5 Å². The van der Waals surface area contributed by atoms with Crippen LogP contribution in [0.1, 0.15) is 47.7 Å². The summed E-state index contributed by atoms with van der Waals surface area (Å²) in [4.78, 5) is 12.0. The predicted octanol–water partition coefficient (Wildman–Crippen LogP) is 1.95. The van der Waals surface area contributed by atoms with Crippen LogP contribution in [-0.4, -0.2) is 27.2 Å². The standard InChI is InChI=1S/C17H23N5O/c18-14-7-4-6-13(12-14)17(23)19-10-5-9-16-21-20-15-8-2-1-3-11-22(15)16/h4,6-7,12H,1-3,5,8-11,18H2,(H,19,23). The van der Waals surface area contributed by atoms with E-state index in [0.29, 0.717) is 17.8 Å². The van der Waals surface area contributed by atoms with E-state index in [-0.39, 0.29) is 5.91 Å². The van der Waals surface area contributed by atoms with E-state index in [1.54, 1.807) is 24.3 Å². The first-order valence-electron chi connectivity index (χ1n) is 8.29. The lowest BCUT2D eigenvalue weighted by Crippen LogP contribution is -2.25. The molecular weight excluding hydrogens is 290 g/mol. The van der Waals surface area contributed by atoms with Crippen molar-refractivity contribution < 1.29 is 4.79 Å². The van der Waals surface area contributed by atoms with Crippen molar-refractivity contribution in [3.05, 3.63) is 41.5 Å². The first-order chi connectivity index (χ1) is 11.2. The first kappa shape index (κ1) is 15.5. The minimum Gasteiger partial charge on any atom is -0.399 e. The van der Waals surface area contributed by atoms with Gasteiger partial charge in [0.15, 0.2) is 0 Å². The molecule has 0 atom stereocenters. The summed E-state index contributed by atoms with van der Waals surface area (Å²) in [7, 11) is 0. The van der Waals surface area contributed by atoms with Crippen LogP contribution < -0.4 is 11.1 Å². The Morgan fingerprint density at radius 2 is 2.17 bits per heavy atom. The number of aromatic nitrogens is 3. The van der Waals surface area contributed by atoms with Gasteiger partial charge in [0.05, 0.1) is 0 Å². The molecular formula is C17H23N5O. The maximum atomic E-state index is 12.0. The fraction of sp³-hybridized carbons (Fsp3) is 0.471. The highest BCUT2D eigenvalue weighted by molar-refractivity contribution is 5.94. The molecule has 3 N–H and O–H groups in total. The van der Waals surface area contributed by atoms with Gasteiger partial charge in [0, 0.05) is 37.2 Å². The number of anilines is 1. The quantitative estimate of drug-likeness (QED) is 0.652. The number of rotatable bonds is 5. The summed E-state index contributed by atoms with van der Waals surface area (Å²) in [5, 5.41) is 11.5. The molecule has 0 bridgehead atoms. The molecule has 2 heterocycles. The summed E-state index contributed by atoms with van der Waals surface area (Å²) >= 11 is 0. The van der Waals surface area contributed by atoms with Gasteiger partial charge in [-0.3, -0.25) is 4.79 Å². The number of hydrogen-bond donors (Lipinski definition) is 2. The molecule has 3 rings (SSSR count). The van der Waals surface area contributed by atoms with Gasteiger partial charge in [0.1, 0.15) is 11.6 Å². The van der Waals surface area contributed by atoms with Crippen molar-refractivity contribution in [2.75, 3.05) is 12.3 Å². The van der Waals surface area contributed by atoms with Crippen LogP contribution in [-0.2, 0) is 19.4 Å². The fourth-order valence-corrected chi connectivity index (χ4v) is 2.96. The zero-order valence-corrected chi connectivity index (χ0v) is 13.3. The highest BCUT2D eigenvalue weighted by Crippen LogP contribution is 2.15. The summed E-state index contributed by atoms with van der Waals surface area (Å²) in [6, 6.07) is 7.02. The highest BCUT2D eigenvalue weighted by Gasteiger charge is 2.14. The van der Waals surface area contributed by atoms with Crippen LogP contribution in [0.15, 0.2) is 24.3 Å². The van der Waals surface area contributed by atoms with Gasteiger partial charge in [0.25, 0.3) is 5.91 Å². The smallest absolute Gasteiger partial charge is 0.251 e. The number of fused-ring (bicyclic) bond motifs is 1. The summed E-state index contributed by atoms with van der Waals surface area (Å²) in [6.45, 7) is 1.64. The number of hydrogen-bond acceptors (Lipinski definition) is 4. The summed E-state index contributed by atoms with van der Waals surface area (Å²) in [5.41, 5.74) is 6.89. The van der Waals surface area contributed by atoms with E-state index in [4.69, 9.17) is 5.73 Å². The van der Waals surface area contributed by atoms with Crippen molar-refractivity contribution in [3.63, 3.8) is 0 Å². The number of nitrogens with zero attached hydrogens (tertiary/aromatic N) is 3. The molecule has 6 heteroatoms. The second-order valence-corrected chi connectivity index (χ2v) is 5.98. The zero-order chi connectivity index (χ0) is 16.1. The Balaban J connectivity index is 1.49. The topological polar surface area (TPSA) is 85.8 Å². The van der Waals surface area contributed by atoms with Crippen LogP contribution in [0.3, 0.4) is 0 Å². The number of nitrogens with one attached hydrogen (secondary N) is 1. The van der Waals surface area contributed by atoms with Crippen molar-refractivity contribution in [2.45, 2.75) is 45.1 Å². The average Bonchev–Trinajstić information content (AvgIpc) is 2.78. The summed E-state index contributed by atoms with van der Waals surface area (Å²) in [6.07, 6.45) is 6.38. The Bertz CT molecular complexity index is 679. The van der Waals surface area contributed by atoms with Crippen molar-refractivity contribution in [1.29, 1.82) is 0 Å². The molecule has 0 spiro atoms. The van der Waals surface area contributed by atoms with Crippen LogP contribution in [0.5, 0.6) is 0 Å². The lowest BCUT2D eigenvalue weighted by atomic mass is 10.2. The van der Waals surface area contributed by atoms with Crippen molar-refractivity contribution >= 4 is 11.6 Å². The van der Waals surface area contributed by atoms with Crippen molar-refractivity contribution in [1.82, 2.24) is 20.1 Å². The monoisotopic (exact) mass is 313 g/mol. The lowest BCUT2D eigenvalue weighted by molar-refractivity contribution is 0.0953. The molecule has 1 amide bonds. The molecule has 1 aliphatic rings. The predicted molar refractivity (Wildman–Crippen MR) is 89.1 cm³/mol. The van der Waals surface area contributed by atoms with Crippen LogP contribution in [0, 0.1) is 0 Å². The minimum atomic E-state index is -0.0858. The van der Waals surface area contributed by atoms with E-state index in [1.807, 2.05) is 0 Å². The van der Waals surface area contributed by atoms with Gasteiger partial charge in [-0.2, -0.15) is 0 Å². The molecule has 23 heavy (non-hydrogen) atoms. The largest absolute Gasteiger partial charge is 0.399 e. The Morgan fingerprint density at radius 3 is 3.04 bits per heavy atom. The average molecular weight is 313 g/mol. The third-order valence-corrected chi connectivity index (χ3v) is 4.20. The number of aryl methyl sites for hydroxylation is 2. The van der Waals surface area contributed by atoms with E-state index in [9.17, 15) is 4.79 Å². The van der Waals surface area contributed by atoms with Gasteiger partial charge in [-0.05, 0) is 37.5 Å². The van der Waals surface area contributed by atoms with E-state index < -0.39 is 0 Å². The third kappa shape index (κ3) is 3.88. The van der Waals surface area contributed by atoms with Gasteiger partial charge >= 0.3 is 0 Å². The number of carbonyl (C=O) groups excluding carboxylic acids is 1. The number of nitrogen functional groups attached to an aromatic ring is 1. The Labute approximate surface area is 136 Å². The number of benzene rings is 1. The summed E-state index contributed by atoms with van der Waals surface area (Å²) in [5.74, 6) is 2.07. The van der Waals surface area contributed by atoms with Crippen LogP contribution in [0.25, 0.3) is 0 Å². The Morgan fingerprint density at radius 1 is 1.26 bits per heavy atom. The number of amides is 1. The molecule has 1 aliphatic heterocycles. The molecule has 0 fully saturated rings. The lowest BCUT2D eigenvalue weighted by Gasteiger charge is -2.08. The number of carbonyl (C=O) groups is 1. The maximum Gasteiger partial charge on any atom is 0.251 e. The van der Waals surface area contributed by atoms with Gasteiger partial charge < -0.3 is 15.6 Å². The first-order valence-corrected chi connectivity index (χ1v) is 8.29. The highest BCUT2D eigenvalue weighted by atomic mass is 16.1. The van der Waals surface area contributed by atoms with E-state index >= 15 is 0 Å². The second-order valence-electron chi connectivity index (χ2n) is 5.98. The number of nitrogens with two attached hydrogens (primary N) is 1. The van der Waals surface area contributed by atoms with E-state index in [2.05, 4.69) is 20.1 Å². The molecule has 6 nitrogen and oxygen atoms in total. The fourth-order valence-electron chi connectivity index (χ4n) is 2.96. The maximum absolute atomic E-state index is 12.0. The molecule has 0 aliphatic carbocycles. The molecule has 1 aromatic heterocycles. The molecule has 2 aromatic rings. The minimum absolute atomic E-state index is 0.0858. The summed E-state index contributed by atoms with van der Waals surface area (Å²) < 4.78 is 2.26. The normalized spacial score (nSPS) is 14.1. The molecule has 0 radical (unpaired) electrons. The molecule has 0 saturated heterocycles. The van der Waals surface area contributed by atoms with Crippen LogP contribution in [0.4, 0.5) is 5.69 Å². The van der Waals surface area contributed by atoms with Gasteiger partial charge in [-0.25, -0.2) is 0 Å². The van der Waals surface area contributed by atoms with Crippen molar-refractivity contribution in [3.8, 4) is 0 Å². The van der Waals surface area contributed by atoms with E-state index in [1.165, 1.54) is 19.3 Å². The van der Waals surface area contributed by atoms with Crippen LogP contribution in [0.2, 0.25) is 0 Å². The van der Waals surface area contributed by atoms with Gasteiger partial charge in [-0.1, -0.05) is 12.5 Å².